The van der Waals surface area contributed by atoms with Gasteiger partial charge in [0.2, 0.25) is 0 Å². The molecule has 3 rings (SSSR count). The molecule has 0 amide bonds. The minimum Gasteiger partial charge on any atom is -0.361 e. The first kappa shape index (κ1) is 8.92. The lowest BCUT2D eigenvalue weighted by atomic mass is 9.92. The molecule has 1 fully saturated rings. The molecule has 2 nitrogen and oxygen atoms in total. The van der Waals surface area contributed by atoms with E-state index in [4.69, 9.17) is 0 Å². The number of halogens is 1. The van der Waals surface area contributed by atoms with E-state index in [1.807, 2.05) is 6.20 Å². The maximum Gasteiger partial charge on any atom is 0.123 e. The number of likely N-dealkylation sites (tertiary alicyclic amines) is 1. The fraction of sp³-hybridized carbons (Fsp3) is 0.333. The third-order valence-electron chi connectivity index (χ3n) is 3.18. The van der Waals surface area contributed by atoms with Gasteiger partial charge in [0, 0.05) is 36.1 Å². The zero-order valence-corrected chi connectivity index (χ0v) is 8.63. The first-order valence-corrected chi connectivity index (χ1v) is 5.19. The lowest BCUT2D eigenvalue weighted by molar-refractivity contribution is 0.190. The van der Waals surface area contributed by atoms with Crippen LogP contribution in [-0.4, -0.2) is 30.0 Å². The van der Waals surface area contributed by atoms with Crippen LogP contribution in [0.15, 0.2) is 24.4 Å². The monoisotopic (exact) mass is 204 g/mol. The Morgan fingerprint density at radius 2 is 2.20 bits per heavy atom. The molecule has 0 atom stereocenters. The van der Waals surface area contributed by atoms with E-state index >= 15 is 0 Å². The van der Waals surface area contributed by atoms with Gasteiger partial charge in [0.25, 0.3) is 0 Å². The maximum atomic E-state index is 13.1. The van der Waals surface area contributed by atoms with E-state index in [1.54, 1.807) is 12.1 Å². The second kappa shape index (κ2) is 3.07. The van der Waals surface area contributed by atoms with Crippen molar-refractivity contribution in [2.45, 2.75) is 5.92 Å². The molecule has 0 radical (unpaired) electrons. The van der Waals surface area contributed by atoms with Gasteiger partial charge in [-0.05, 0) is 30.8 Å². The van der Waals surface area contributed by atoms with Crippen molar-refractivity contribution < 1.29 is 4.39 Å². The third kappa shape index (κ3) is 1.35. The number of H-pyrrole nitrogens is 1. The largest absolute Gasteiger partial charge is 0.361 e. The van der Waals surface area contributed by atoms with Gasteiger partial charge in [-0.15, -0.1) is 0 Å². The van der Waals surface area contributed by atoms with Crippen molar-refractivity contribution in [3.63, 3.8) is 0 Å². The summed E-state index contributed by atoms with van der Waals surface area (Å²) in [7, 11) is 2.10. The van der Waals surface area contributed by atoms with Crippen molar-refractivity contribution in [1.29, 1.82) is 0 Å². The maximum absolute atomic E-state index is 13.1. The van der Waals surface area contributed by atoms with Crippen molar-refractivity contribution >= 4 is 10.9 Å². The second-order valence-electron chi connectivity index (χ2n) is 4.35. The van der Waals surface area contributed by atoms with E-state index in [1.165, 1.54) is 11.6 Å². The number of hydrogen-bond acceptors (Lipinski definition) is 1. The van der Waals surface area contributed by atoms with Gasteiger partial charge < -0.3 is 9.88 Å². The topological polar surface area (TPSA) is 19.0 Å². The van der Waals surface area contributed by atoms with Crippen LogP contribution < -0.4 is 0 Å². The highest BCUT2D eigenvalue weighted by molar-refractivity contribution is 5.84. The molecule has 0 aliphatic carbocycles. The van der Waals surface area contributed by atoms with Crippen molar-refractivity contribution in [2.24, 2.45) is 0 Å². The molecule has 1 aliphatic rings. The lowest BCUT2D eigenvalue weighted by Gasteiger charge is -2.36. The molecule has 2 aromatic rings. The van der Waals surface area contributed by atoms with Crippen molar-refractivity contribution in [1.82, 2.24) is 9.88 Å². The van der Waals surface area contributed by atoms with Gasteiger partial charge in [0.1, 0.15) is 5.82 Å². The Labute approximate surface area is 87.7 Å². The molecule has 0 bridgehead atoms. The molecule has 3 heteroatoms. The summed E-state index contributed by atoms with van der Waals surface area (Å²) in [6, 6.07) is 4.92. The number of likely N-dealkylation sites (N-methyl/N-ethyl adjacent to an activating group) is 1. The van der Waals surface area contributed by atoms with Gasteiger partial charge in [-0.3, -0.25) is 0 Å². The quantitative estimate of drug-likeness (QED) is 0.755. The van der Waals surface area contributed by atoms with E-state index in [-0.39, 0.29) is 5.82 Å². The van der Waals surface area contributed by atoms with Crippen LogP contribution in [0.3, 0.4) is 0 Å². The van der Waals surface area contributed by atoms with Crippen LogP contribution in [-0.2, 0) is 0 Å². The summed E-state index contributed by atoms with van der Waals surface area (Å²) in [6.45, 7) is 2.15. The predicted octanol–water partition coefficient (Wildman–Crippen LogP) is 2.34. The number of aromatic nitrogens is 1. The van der Waals surface area contributed by atoms with Crippen LogP contribution in [0.5, 0.6) is 0 Å². The van der Waals surface area contributed by atoms with Crippen molar-refractivity contribution in [3.8, 4) is 0 Å². The van der Waals surface area contributed by atoms with Crippen LogP contribution >= 0.6 is 0 Å². The molecular weight excluding hydrogens is 191 g/mol. The zero-order chi connectivity index (χ0) is 10.4. The number of benzene rings is 1. The average Bonchev–Trinajstić information content (AvgIpc) is 2.56. The fourth-order valence-corrected chi connectivity index (χ4v) is 2.35. The first-order valence-electron chi connectivity index (χ1n) is 5.19. The van der Waals surface area contributed by atoms with Crippen molar-refractivity contribution in [3.05, 3.63) is 35.8 Å². The van der Waals surface area contributed by atoms with Gasteiger partial charge >= 0.3 is 0 Å². The molecule has 78 valence electrons. The second-order valence-corrected chi connectivity index (χ2v) is 4.35. The number of fused-ring (bicyclic) bond motifs is 1. The van der Waals surface area contributed by atoms with Crippen LogP contribution in [0.25, 0.3) is 10.9 Å². The zero-order valence-electron chi connectivity index (χ0n) is 8.63. The highest BCUT2D eigenvalue weighted by Gasteiger charge is 2.26. The van der Waals surface area contributed by atoms with Gasteiger partial charge in [0.15, 0.2) is 0 Å². The lowest BCUT2D eigenvalue weighted by Crippen LogP contribution is -2.41. The molecule has 15 heavy (non-hydrogen) atoms. The summed E-state index contributed by atoms with van der Waals surface area (Å²) in [4.78, 5) is 5.46. The Bertz CT molecular complexity index is 497. The Hall–Kier alpha value is -1.35. The summed E-state index contributed by atoms with van der Waals surface area (Å²) in [5, 5.41) is 1.04. The predicted molar refractivity (Wildman–Crippen MR) is 58.5 cm³/mol. The summed E-state index contributed by atoms with van der Waals surface area (Å²) >= 11 is 0. The highest BCUT2D eigenvalue weighted by Crippen LogP contribution is 2.31. The van der Waals surface area contributed by atoms with E-state index in [0.29, 0.717) is 5.92 Å². The summed E-state index contributed by atoms with van der Waals surface area (Å²) < 4.78 is 13.1. The van der Waals surface area contributed by atoms with E-state index < -0.39 is 0 Å². The molecule has 1 N–H and O–H groups in total. The first-order chi connectivity index (χ1) is 7.24. The molecule has 1 aliphatic heterocycles. The molecule has 0 saturated carbocycles. The van der Waals surface area contributed by atoms with Gasteiger partial charge in [-0.25, -0.2) is 4.39 Å². The number of hydrogen-bond donors (Lipinski definition) is 1. The molecular formula is C12H13FN2. The number of aromatic amines is 1. The van der Waals surface area contributed by atoms with Crippen LogP contribution in [0.1, 0.15) is 11.5 Å². The van der Waals surface area contributed by atoms with E-state index in [0.717, 1.165) is 24.0 Å². The third-order valence-corrected chi connectivity index (χ3v) is 3.18. The molecule has 0 unspecified atom stereocenters. The van der Waals surface area contributed by atoms with Crippen LogP contribution in [0.4, 0.5) is 4.39 Å². The Kier molecular flexibility index (Phi) is 1.83. The summed E-state index contributed by atoms with van der Waals surface area (Å²) in [5.41, 5.74) is 2.28. The molecule has 2 heterocycles. The Morgan fingerprint density at radius 1 is 1.40 bits per heavy atom. The average molecular weight is 204 g/mol. The van der Waals surface area contributed by atoms with Crippen LogP contribution in [0, 0.1) is 5.82 Å². The molecule has 1 aromatic heterocycles. The number of nitrogens with zero attached hydrogens (tertiary/aromatic N) is 1. The normalized spacial score (nSPS) is 18.3. The summed E-state index contributed by atoms with van der Waals surface area (Å²) in [6.07, 6.45) is 2.02. The Morgan fingerprint density at radius 3 is 2.93 bits per heavy atom. The van der Waals surface area contributed by atoms with E-state index in [9.17, 15) is 4.39 Å². The molecule has 1 saturated heterocycles. The van der Waals surface area contributed by atoms with Gasteiger partial charge in [0.05, 0.1) is 0 Å². The SMILES string of the molecule is CN1CC(c2c[nH]c3ccc(F)cc23)C1. The van der Waals surface area contributed by atoms with E-state index in [2.05, 4.69) is 16.9 Å². The van der Waals surface area contributed by atoms with Crippen LogP contribution in [0.2, 0.25) is 0 Å². The highest BCUT2D eigenvalue weighted by atomic mass is 19.1. The molecule has 1 aromatic carbocycles. The number of rotatable bonds is 1. The minimum absolute atomic E-state index is 0.156. The van der Waals surface area contributed by atoms with Gasteiger partial charge in [-0.1, -0.05) is 0 Å². The van der Waals surface area contributed by atoms with Gasteiger partial charge in [-0.2, -0.15) is 0 Å². The fourth-order valence-electron chi connectivity index (χ4n) is 2.35. The molecule has 0 spiro atoms. The standard InChI is InChI=1S/C12H13FN2/c1-15-6-8(7-15)11-5-14-12-3-2-9(13)4-10(11)12/h2-5,8,14H,6-7H2,1H3. The smallest absolute Gasteiger partial charge is 0.123 e. The number of nitrogens with one attached hydrogen (secondary N) is 1. The van der Waals surface area contributed by atoms with Crippen molar-refractivity contribution in [2.75, 3.05) is 20.1 Å². The minimum atomic E-state index is -0.156. The Balaban J connectivity index is 2.07. The summed E-state index contributed by atoms with van der Waals surface area (Å²) in [5.74, 6) is 0.404.